The normalized spacial score (nSPS) is 9.84. The SMILES string of the molecule is N#Cc1ccccc1Sc1ccccc1C(=O)Nc1sccc1C#N. The predicted octanol–water partition coefficient (Wildman–Crippen LogP) is 4.89. The van der Waals surface area contributed by atoms with E-state index in [1.807, 2.05) is 24.3 Å². The minimum absolute atomic E-state index is 0.281. The van der Waals surface area contributed by atoms with Crippen molar-refractivity contribution in [2.45, 2.75) is 9.79 Å². The third-order valence-electron chi connectivity index (χ3n) is 3.37. The highest BCUT2D eigenvalue weighted by atomic mass is 32.2. The molecule has 0 unspecified atom stereocenters. The van der Waals surface area contributed by atoms with Crippen LogP contribution >= 0.6 is 23.1 Å². The van der Waals surface area contributed by atoms with Gasteiger partial charge in [-0.05, 0) is 35.7 Å². The fraction of sp³-hybridized carbons (Fsp3) is 0. The molecule has 0 fully saturated rings. The molecule has 1 aromatic heterocycles. The lowest BCUT2D eigenvalue weighted by atomic mass is 10.2. The van der Waals surface area contributed by atoms with Crippen LogP contribution in [0.15, 0.2) is 69.8 Å². The van der Waals surface area contributed by atoms with Gasteiger partial charge >= 0.3 is 0 Å². The van der Waals surface area contributed by atoms with Gasteiger partial charge in [0, 0.05) is 9.79 Å². The smallest absolute Gasteiger partial charge is 0.257 e. The minimum Gasteiger partial charge on any atom is -0.312 e. The molecule has 4 nitrogen and oxygen atoms in total. The van der Waals surface area contributed by atoms with Gasteiger partial charge in [-0.15, -0.1) is 11.3 Å². The molecule has 0 saturated carbocycles. The highest BCUT2D eigenvalue weighted by molar-refractivity contribution is 7.99. The highest BCUT2D eigenvalue weighted by Gasteiger charge is 2.15. The van der Waals surface area contributed by atoms with E-state index in [9.17, 15) is 10.1 Å². The number of hydrogen-bond acceptors (Lipinski definition) is 5. The van der Waals surface area contributed by atoms with Gasteiger partial charge in [-0.2, -0.15) is 10.5 Å². The molecule has 0 aliphatic heterocycles. The Bertz CT molecular complexity index is 1010. The zero-order chi connectivity index (χ0) is 17.6. The molecule has 0 aliphatic carbocycles. The van der Waals surface area contributed by atoms with E-state index in [0.29, 0.717) is 21.7 Å². The van der Waals surface area contributed by atoms with Crippen LogP contribution in [-0.2, 0) is 0 Å². The number of nitrogens with one attached hydrogen (secondary N) is 1. The van der Waals surface area contributed by atoms with E-state index in [4.69, 9.17) is 5.26 Å². The number of nitrogens with zero attached hydrogens (tertiary/aromatic N) is 2. The summed E-state index contributed by atoms with van der Waals surface area (Å²) in [4.78, 5) is 14.2. The average molecular weight is 361 g/mol. The van der Waals surface area contributed by atoms with Crippen LogP contribution in [0.25, 0.3) is 0 Å². The summed E-state index contributed by atoms with van der Waals surface area (Å²) in [6.07, 6.45) is 0. The molecule has 25 heavy (non-hydrogen) atoms. The number of hydrogen-bond donors (Lipinski definition) is 1. The Morgan fingerprint density at radius 1 is 0.920 bits per heavy atom. The second-order valence-electron chi connectivity index (χ2n) is 4.94. The van der Waals surface area contributed by atoms with E-state index in [2.05, 4.69) is 17.5 Å². The minimum atomic E-state index is -0.281. The van der Waals surface area contributed by atoms with Gasteiger partial charge in [0.1, 0.15) is 17.1 Å². The molecule has 0 saturated heterocycles. The number of carbonyl (C=O) groups is 1. The van der Waals surface area contributed by atoms with E-state index >= 15 is 0 Å². The Hall–Kier alpha value is -3.06. The first-order chi connectivity index (χ1) is 12.2. The molecule has 0 spiro atoms. The van der Waals surface area contributed by atoms with Gasteiger partial charge in [0.05, 0.1) is 16.7 Å². The van der Waals surface area contributed by atoms with E-state index in [1.54, 1.807) is 35.7 Å². The molecule has 1 amide bonds. The number of rotatable bonds is 4. The standard InChI is InChI=1S/C19H11N3OS2/c20-11-13-5-1-3-7-16(13)25-17-8-4-2-6-15(17)18(23)22-19-14(12-21)9-10-24-19/h1-10H,(H,22,23). The predicted molar refractivity (Wildman–Crippen MR) is 98.7 cm³/mol. The third-order valence-corrected chi connectivity index (χ3v) is 5.35. The topological polar surface area (TPSA) is 76.7 Å². The van der Waals surface area contributed by atoms with Crippen LogP contribution in [0, 0.1) is 22.7 Å². The van der Waals surface area contributed by atoms with Crippen LogP contribution < -0.4 is 5.32 Å². The molecular weight excluding hydrogens is 350 g/mol. The number of nitriles is 2. The van der Waals surface area contributed by atoms with Crippen molar-refractivity contribution in [2.24, 2.45) is 0 Å². The third kappa shape index (κ3) is 3.72. The summed E-state index contributed by atoms with van der Waals surface area (Å²) in [6, 6.07) is 20.4. The van der Waals surface area contributed by atoms with Gasteiger partial charge in [-0.25, -0.2) is 0 Å². The Morgan fingerprint density at radius 3 is 2.36 bits per heavy atom. The van der Waals surface area contributed by atoms with Gasteiger partial charge < -0.3 is 5.32 Å². The molecule has 0 aliphatic rings. The Kier molecular flexibility index (Phi) is 5.15. The molecule has 3 aromatic rings. The summed E-state index contributed by atoms with van der Waals surface area (Å²) < 4.78 is 0. The second kappa shape index (κ2) is 7.67. The van der Waals surface area contributed by atoms with Crippen molar-refractivity contribution in [3.05, 3.63) is 76.7 Å². The number of anilines is 1. The monoisotopic (exact) mass is 361 g/mol. The largest absolute Gasteiger partial charge is 0.312 e. The van der Waals surface area contributed by atoms with Crippen LogP contribution in [0.2, 0.25) is 0 Å². The number of carbonyl (C=O) groups excluding carboxylic acids is 1. The molecule has 0 bridgehead atoms. The lowest BCUT2D eigenvalue weighted by Crippen LogP contribution is -2.12. The van der Waals surface area contributed by atoms with Crippen LogP contribution in [0.4, 0.5) is 5.00 Å². The van der Waals surface area contributed by atoms with Crippen molar-refractivity contribution in [3.8, 4) is 12.1 Å². The van der Waals surface area contributed by atoms with Crippen LogP contribution in [0.5, 0.6) is 0 Å². The van der Waals surface area contributed by atoms with Crippen molar-refractivity contribution in [2.75, 3.05) is 5.32 Å². The molecule has 3 rings (SSSR count). The van der Waals surface area contributed by atoms with Crippen LogP contribution in [0.3, 0.4) is 0 Å². The number of thiophene rings is 1. The second-order valence-corrected chi connectivity index (χ2v) is 6.94. The van der Waals surface area contributed by atoms with E-state index in [0.717, 1.165) is 9.79 Å². The molecule has 120 valence electrons. The maximum absolute atomic E-state index is 12.7. The van der Waals surface area contributed by atoms with Crippen molar-refractivity contribution in [3.63, 3.8) is 0 Å². The fourth-order valence-electron chi connectivity index (χ4n) is 2.17. The quantitative estimate of drug-likeness (QED) is 0.717. The lowest BCUT2D eigenvalue weighted by molar-refractivity contribution is 0.102. The molecule has 2 aromatic carbocycles. The Morgan fingerprint density at radius 2 is 1.60 bits per heavy atom. The Labute approximate surface area is 153 Å². The molecule has 1 heterocycles. The van der Waals surface area contributed by atoms with Crippen molar-refractivity contribution in [1.82, 2.24) is 0 Å². The van der Waals surface area contributed by atoms with Gasteiger partial charge in [0.15, 0.2) is 0 Å². The van der Waals surface area contributed by atoms with E-state index < -0.39 is 0 Å². The average Bonchev–Trinajstić information content (AvgIpc) is 3.09. The van der Waals surface area contributed by atoms with Gasteiger partial charge in [0.25, 0.3) is 5.91 Å². The van der Waals surface area contributed by atoms with E-state index in [1.165, 1.54) is 23.1 Å². The summed E-state index contributed by atoms with van der Waals surface area (Å²) in [6.45, 7) is 0. The van der Waals surface area contributed by atoms with Crippen LogP contribution in [0.1, 0.15) is 21.5 Å². The first-order valence-electron chi connectivity index (χ1n) is 7.28. The summed E-state index contributed by atoms with van der Waals surface area (Å²) in [7, 11) is 0. The molecule has 0 radical (unpaired) electrons. The molecule has 1 N–H and O–H groups in total. The molecular formula is C19H11N3OS2. The van der Waals surface area contributed by atoms with Crippen LogP contribution in [-0.4, -0.2) is 5.91 Å². The Balaban J connectivity index is 1.90. The first kappa shape index (κ1) is 16.8. The zero-order valence-corrected chi connectivity index (χ0v) is 14.5. The maximum atomic E-state index is 12.7. The lowest BCUT2D eigenvalue weighted by Gasteiger charge is -2.10. The maximum Gasteiger partial charge on any atom is 0.257 e. The summed E-state index contributed by atoms with van der Waals surface area (Å²) in [5.41, 5.74) is 1.50. The van der Waals surface area contributed by atoms with E-state index in [-0.39, 0.29) is 5.91 Å². The van der Waals surface area contributed by atoms with Gasteiger partial charge in [0.2, 0.25) is 0 Å². The number of amides is 1. The summed E-state index contributed by atoms with van der Waals surface area (Å²) in [5.74, 6) is -0.281. The zero-order valence-electron chi connectivity index (χ0n) is 12.9. The van der Waals surface area contributed by atoms with Gasteiger partial charge in [-0.3, -0.25) is 4.79 Å². The summed E-state index contributed by atoms with van der Waals surface area (Å²) >= 11 is 2.68. The molecule has 0 atom stereocenters. The van der Waals surface area contributed by atoms with Crippen molar-refractivity contribution in [1.29, 1.82) is 10.5 Å². The first-order valence-corrected chi connectivity index (χ1v) is 8.97. The molecule has 6 heteroatoms. The van der Waals surface area contributed by atoms with Gasteiger partial charge in [-0.1, -0.05) is 36.0 Å². The fourth-order valence-corrected chi connectivity index (χ4v) is 3.93. The number of benzene rings is 2. The highest BCUT2D eigenvalue weighted by Crippen LogP contribution is 2.33. The van der Waals surface area contributed by atoms with Crippen molar-refractivity contribution >= 4 is 34.0 Å². The van der Waals surface area contributed by atoms with Crippen molar-refractivity contribution < 1.29 is 4.79 Å². The summed E-state index contributed by atoms with van der Waals surface area (Å²) in [5, 5.41) is 23.4.